The maximum atomic E-state index is 13.0. The van der Waals surface area contributed by atoms with Gasteiger partial charge in [-0.15, -0.1) is 0 Å². The molecular weight excluding hydrogens is 253 g/mol. The summed E-state index contributed by atoms with van der Waals surface area (Å²) in [5.74, 6) is 0.238. The van der Waals surface area contributed by atoms with Gasteiger partial charge in [-0.2, -0.15) is 0 Å². The Morgan fingerprint density at radius 1 is 1.15 bits per heavy atom. The molecule has 2 fully saturated rings. The number of amides is 1. The molecule has 1 aromatic carbocycles. The highest BCUT2D eigenvalue weighted by molar-refractivity contribution is 5.78. The van der Waals surface area contributed by atoms with E-state index < -0.39 is 0 Å². The number of carbonyl (C=O) groups excluding carboxylic acids is 1. The molecule has 1 amide bonds. The van der Waals surface area contributed by atoms with E-state index in [9.17, 15) is 9.18 Å². The third kappa shape index (κ3) is 2.87. The molecule has 3 heteroatoms. The van der Waals surface area contributed by atoms with Crippen LogP contribution in [0.3, 0.4) is 0 Å². The van der Waals surface area contributed by atoms with Crippen molar-refractivity contribution in [3.05, 3.63) is 35.6 Å². The lowest BCUT2D eigenvalue weighted by molar-refractivity contribution is -0.126. The lowest BCUT2D eigenvalue weighted by atomic mass is 9.88. The summed E-state index contributed by atoms with van der Waals surface area (Å²) in [6.45, 7) is 0.702. The number of carbonyl (C=O) groups is 1. The molecular formula is C17H22FNO. The van der Waals surface area contributed by atoms with E-state index in [1.54, 1.807) is 0 Å². The molecule has 0 saturated heterocycles. The Labute approximate surface area is 119 Å². The van der Waals surface area contributed by atoms with Gasteiger partial charge in [-0.25, -0.2) is 4.39 Å². The average Bonchev–Trinajstić information content (AvgIpc) is 3.27. The molecule has 0 heterocycles. The molecule has 0 spiro atoms. The highest BCUT2D eigenvalue weighted by Gasteiger charge is 2.44. The molecule has 0 atom stereocenters. The Hall–Kier alpha value is -1.38. The summed E-state index contributed by atoms with van der Waals surface area (Å²) < 4.78 is 13.0. The number of halogens is 1. The third-order valence-electron chi connectivity index (χ3n) is 4.89. The lowest BCUT2D eigenvalue weighted by Gasteiger charge is -2.23. The van der Waals surface area contributed by atoms with Gasteiger partial charge in [0.1, 0.15) is 5.82 Å². The van der Waals surface area contributed by atoms with Crippen molar-refractivity contribution in [2.75, 3.05) is 6.54 Å². The van der Waals surface area contributed by atoms with E-state index in [2.05, 4.69) is 5.32 Å². The molecule has 0 radical (unpaired) electrons. The summed E-state index contributed by atoms with van der Waals surface area (Å²) in [6, 6.07) is 6.74. The van der Waals surface area contributed by atoms with Crippen LogP contribution in [-0.4, -0.2) is 12.5 Å². The van der Waals surface area contributed by atoms with Crippen LogP contribution in [-0.2, 0) is 10.2 Å². The van der Waals surface area contributed by atoms with Crippen LogP contribution in [0.5, 0.6) is 0 Å². The number of benzene rings is 1. The van der Waals surface area contributed by atoms with E-state index in [0.29, 0.717) is 6.54 Å². The molecule has 0 aliphatic heterocycles. The fourth-order valence-electron chi connectivity index (χ4n) is 3.29. The maximum absolute atomic E-state index is 13.0. The zero-order valence-electron chi connectivity index (χ0n) is 11.8. The summed E-state index contributed by atoms with van der Waals surface area (Å²) in [5, 5.41) is 3.14. The average molecular weight is 275 g/mol. The summed E-state index contributed by atoms with van der Waals surface area (Å²) in [6.07, 6.45) is 7.88. The summed E-state index contributed by atoms with van der Waals surface area (Å²) in [4.78, 5) is 12.2. The van der Waals surface area contributed by atoms with Crippen LogP contribution in [0.25, 0.3) is 0 Å². The first kappa shape index (κ1) is 13.6. The van der Waals surface area contributed by atoms with Gasteiger partial charge < -0.3 is 5.32 Å². The van der Waals surface area contributed by atoms with Gasteiger partial charge in [0.05, 0.1) is 0 Å². The van der Waals surface area contributed by atoms with Gasteiger partial charge in [-0.3, -0.25) is 4.79 Å². The molecule has 0 bridgehead atoms. The van der Waals surface area contributed by atoms with E-state index in [1.165, 1.54) is 31.4 Å². The van der Waals surface area contributed by atoms with Crippen LogP contribution in [0.2, 0.25) is 0 Å². The molecule has 2 aliphatic carbocycles. The first-order valence-corrected chi connectivity index (χ1v) is 7.73. The van der Waals surface area contributed by atoms with Gasteiger partial charge in [-0.05, 0) is 43.4 Å². The zero-order valence-corrected chi connectivity index (χ0v) is 11.8. The van der Waals surface area contributed by atoms with Crippen molar-refractivity contribution in [3.63, 3.8) is 0 Å². The van der Waals surface area contributed by atoms with Crippen LogP contribution in [0.4, 0.5) is 4.39 Å². The van der Waals surface area contributed by atoms with Crippen molar-refractivity contribution in [3.8, 4) is 0 Å². The molecule has 2 nitrogen and oxygen atoms in total. The van der Waals surface area contributed by atoms with Crippen molar-refractivity contribution in [1.29, 1.82) is 0 Å². The topological polar surface area (TPSA) is 29.1 Å². The van der Waals surface area contributed by atoms with Crippen molar-refractivity contribution in [2.24, 2.45) is 5.92 Å². The minimum Gasteiger partial charge on any atom is -0.355 e. The second-order valence-corrected chi connectivity index (χ2v) is 6.34. The molecule has 1 aromatic rings. The van der Waals surface area contributed by atoms with Crippen LogP contribution >= 0.6 is 0 Å². The Morgan fingerprint density at radius 2 is 1.80 bits per heavy atom. The fourth-order valence-corrected chi connectivity index (χ4v) is 3.29. The van der Waals surface area contributed by atoms with Gasteiger partial charge in [0.2, 0.25) is 5.91 Å². The summed E-state index contributed by atoms with van der Waals surface area (Å²) in [5.41, 5.74) is 1.22. The Balaban J connectivity index is 1.57. The number of hydrogen-bond acceptors (Lipinski definition) is 1. The van der Waals surface area contributed by atoms with Gasteiger partial charge in [0, 0.05) is 17.9 Å². The van der Waals surface area contributed by atoms with Crippen molar-refractivity contribution in [1.82, 2.24) is 5.32 Å². The standard InChI is InChI=1S/C17H22FNO/c18-15-8-6-14(7-9-15)17(10-11-17)12-19-16(20)13-4-2-1-3-5-13/h6-9,13H,1-5,10-12H2,(H,19,20). The minimum atomic E-state index is -0.198. The monoisotopic (exact) mass is 275 g/mol. The van der Waals surface area contributed by atoms with Crippen LogP contribution in [0, 0.1) is 11.7 Å². The SMILES string of the molecule is O=C(NCC1(c2ccc(F)cc2)CC1)C1CCCCC1. The molecule has 2 saturated carbocycles. The predicted molar refractivity (Wildman–Crippen MR) is 76.9 cm³/mol. The van der Waals surface area contributed by atoms with E-state index in [-0.39, 0.29) is 23.1 Å². The number of rotatable bonds is 4. The second-order valence-electron chi connectivity index (χ2n) is 6.34. The first-order chi connectivity index (χ1) is 9.70. The fraction of sp³-hybridized carbons (Fsp3) is 0.588. The minimum absolute atomic E-state index is 0.0675. The Morgan fingerprint density at radius 3 is 2.40 bits per heavy atom. The van der Waals surface area contributed by atoms with E-state index in [1.807, 2.05) is 12.1 Å². The molecule has 2 aliphatic rings. The highest BCUT2D eigenvalue weighted by atomic mass is 19.1. The molecule has 20 heavy (non-hydrogen) atoms. The Kier molecular flexibility index (Phi) is 3.77. The predicted octanol–water partition coefficient (Wildman–Crippen LogP) is 3.55. The summed E-state index contributed by atoms with van der Waals surface area (Å²) in [7, 11) is 0. The lowest BCUT2D eigenvalue weighted by Crippen LogP contribution is -2.37. The van der Waals surface area contributed by atoms with Crippen LogP contribution in [0.15, 0.2) is 24.3 Å². The van der Waals surface area contributed by atoms with Gasteiger partial charge in [0.15, 0.2) is 0 Å². The maximum Gasteiger partial charge on any atom is 0.223 e. The zero-order chi connectivity index (χ0) is 14.0. The highest BCUT2D eigenvalue weighted by Crippen LogP contribution is 2.47. The van der Waals surface area contributed by atoms with Crippen molar-refractivity contribution >= 4 is 5.91 Å². The third-order valence-corrected chi connectivity index (χ3v) is 4.89. The molecule has 0 unspecified atom stereocenters. The van der Waals surface area contributed by atoms with Gasteiger partial charge in [-0.1, -0.05) is 31.4 Å². The first-order valence-electron chi connectivity index (χ1n) is 7.73. The molecule has 1 N–H and O–H groups in total. The molecule has 108 valence electrons. The van der Waals surface area contributed by atoms with Crippen molar-refractivity contribution in [2.45, 2.75) is 50.4 Å². The number of hydrogen-bond donors (Lipinski definition) is 1. The smallest absolute Gasteiger partial charge is 0.223 e. The number of nitrogens with one attached hydrogen (secondary N) is 1. The van der Waals surface area contributed by atoms with E-state index in [0.717, 1.165) is 31.2 Å². The van der Waals surface area contributed by atoms with Crippen molar-refractivity contribution < 1.29 is 9.18 Å². The second kappa shape index (κ2) is 5.55. The molecule has 3 rings (SSSR count). The van der Waals surface area contributed by atoms with Gasteiger partial charge >= 0.3 is 0 Å². The van der Waals surface area contributed by atoms with Crippen LogP contribution in [0.1, 0.15) is 50.5 Å². The van der Waals surface area contributed by atoms with E-state index in [4.69, 9.17) is 0 Å². The quantitative estimate of drug-likeness (QED) is 0.894. The Bertz CT molecular complexity index is 472. The normalized spacial score (nSPS) is 21.4. The summed E-state index contributed by atoms with van der Waals surface area (Å²) >= 11 is 0. The molecule has 0 aromatic heterocycles. The van der Waals surface area contributed by atoms with Crippen LogP contribution < -0.4 is 5.32 Å². The van der Waals surface area contributed by atoms with E-state index >= 15 is 0 Å². The van der Waals surface area contributed by atoms with Gasteiger partial charge in [0.25, 0.3) is 0 Å². The largest absolute Gasteiger partial charge is 0.355 e.